The minimum atomic E-state index is -0.274. The van der Waals surface area contributed by atoms with Gasteiger partial charge in [-0.3, -0.25) is 0 Å². The van der Waals surface area contributed by atoms with Crippen LogP contribution >= 0.6 is 0 Å². The Morgan fingerprint density at radius 3 is 0.843 bits per heavy atom. The van der Waals surface area contributed by atoms with Crippen LogP contribution < -0.4 is 0 Å². The minimum Gasteiger partial charge on any atom is -0.233 e. The van der Waals surface area contributed by atoms with E-state index in [1.165, 1.54) is 0 Å². The molecule has 0 amide bonds. The second kappa shape index (κ2) is 32.4. The Balaban J connectivity index is 0.000000118. The van der Waals surface area contributed by atoms with Crippen molar-refractivity contribution >= 4 is 65.4 Å². The van der Waals surface area contributed by atoms with Crippen LogP contribution in [0, 0.1) is 41.5 Å². The first kappa shape index (κ1) is 55.7. The zero-order valence-electron chi connectivity index (χ0n) is 66.8. The second-order valence-electron chi connectivity index (χ2n) is 23.3. The highest BCUT2D eigenvalue weighted by Crippen LogP contribution is 2.32. The van der Waals surface area contributed by atoms with E-state index in [1.54, 1.807) is 49.4 Å². The van der Waals surface area contributed by atoms with E-state index < -0.39 is 0 Å². The summed E-state index contributed by atoms with van der Waals surface area (Å²) in [4.78, 5) is 53.0. The molecular formula is C90H72N12. The quantitative estimate of drug-likeness (QED) is 0.156. The predicted molar refractivity (Wildman–Crippen MR) is 418 cm³/mol. The molecule has 0 atom stereocenters. The average molecular weight is 1330 g/mol. The van der Waals surface area contributed by atoms with E-state index >= 15 is 0 Å². The van der Waals surface area contributed by atoms with Crippen LogP contribution in [-0.2, 0) is 0 Å². The van der Waals surface area contributed by atoms with Crippen LogP contribution in [0.2, 0.25) is 0 Å². The number of para-hydroxylation sites is 6. The summed E-state index contributed by atoms with van der Waals surface area (Å²) < 4.78 is 78.5. The molecule has 18 aromatic rings. The Bertz CT molecular complexity index is 6400. The van der Waals surface area contributed by atoms with E-state index in [0.29, 0.717) is 63.8 Å². The number of hydrogen-bond donors (Lipinski definition) is 0. The van der Waals surface area contributed by atoms with Gasteiger partial charge in [0.1, 0.15) is 34.9 Å². The lowest BCUT2D eigenvalue weighted by molar-refractivity contribution is 1.10. The molecule has 12 aromatic carbocycles. The van der Waals surface area contributed by atoms with E-state index in [0.717, 1.165) is 123 Å². The third kappa shape index (κ3) is 16.4. The molecular weight excluding hydrogens is 1250 g/mol. The number of hydrogen-bond acceptors (Lipinski definition) is 12. The third-order valence-corrected chi connectivity index (χ3v) is 15.9. The van der Waals surface area contributed by atoms with Crippen LogP contribution in [0.25, 0.3) is 133 Å². The van der Waals surface area contributed by atoms with Gasteiger partial charge >= 0.3 is 0 Å². The summed E-state index contributed by atoms with van der Waals surface area (Å²) in [5.74, 6) is 4.05. The maximum atomic E-state index is 8.12. The predicted octanol–water partition coefficient (Wildman–Crippen LogP) is 21.6. The summed E-state index contributed by atoms with van der Waals surface area (Å²) in [5.41, 5.74) is 15.1. The van der Waals surface area contributed by atoms with E-state index in [1.807, 2.05) is 259 Å². The van der Waals surface area contributed by atoms with Crippen molar-refractivity contribution in [2.24, 2.45) is 0 Å². The first-order valence-corrected chi connectivity index (χ1v) is 32.9. The maximum absolute atomic E-state index is 8.12. The SMILES string of the molecule is [2H]c1c([2H])c([2H])c2c(-c3ccccc3)nc(C)nc2c1[2H].[2H]c1cc2nc(C)nc(-c3ccccc3)c2cc1[2H].[2H]c1ccc2c(-c3ccccc3)nc(C)nc2c1.[2H]c1ccc2nc(C)nc(-c3ccccc3)c2c1.[2H]c1cccc2c(-c3ccccc3)nc(C)nc12.[2H]c1cccc2nc(C)nc(-c3ccccc3)c12. The number of benzene rings is 12. The topological polar surface area (TPSA) is 155 Å². The van der Waals surface area contributed by atoms with Crippen molar-refractivity contribution in [1.82, 2.24) is 59.8 Å². The number of aryl methyl sites for hydroxylation is 6. The van der Waals surface area contributed by atoms with E-state index in [9.17, 15) is 0 Å². The standard InChI is InChI=1S/6C15H12N2/c6*1-11-16-14-10-6-5-9-13(14)15(17-11)12-7-3-2-4-8-12/h6*2-10H,1H3/i5D,6D,9D,10D;5D,6D;10D;9D;6D;5D. The van der Waals surface area contributed by atoms with Crippen molar-refractivity contribution in [3.05, 3.63) is 362 Å². The van der Waals surface area contributed by atoms with Gasteiger partial charge in [-0.25, -0.2) is 59.8 Å². The largest absolute Gasteiger partial charge is 0.233 e. The van der Waals surface area contributed by atoms with Gasteiger partial charge in [0.2, 0.25) is 0 Å². The Morgan fingerprint density at radius 2 is 0.412 bits per heavy atom. The third-order valence-electron chi connectivity index (χ3n) is 15.9. The first-order valence-electron chi connectivity index (χ1n) is 37.9. The Hall–Kier alpha value is -13.3. The maximum Gasteiger partial charge on any atom is 0.126 e. The van der Waals surface area contributed by atoms with Crippen LogP contribution in [0.15, 0.2) is 327 Å². The molecule has 0 radical (unpaired) electrons. The Morgan fingerprint density at radius 1 is 0.167 bits per heavy atom. The van der Waals surface area contributed by atoms with Crippen molar-refractivity contribution < 1.29 is 13.7 Å². The lowest BCUT2D eigenvalue weighted by atomic mass is 10.1. The summed E-state index contributed by atoms with van der Waals surface area (Å²) in [6.07, 6.45) is 0. The van der Waals surface area contributed by atoms with Crippen molar-refractivity contribution in [2.75, 3.05) is 0 Å². The van der Waals surface area contributed by atoms with Gasteiger partial charge in [-0.2, -0.15) is 0 Å². The molecule has 102 heavy (non-hydrogen) atoms. The van der Waals surface area contributed by atoms with Crippen molar-refractivity contribution in [2.45, 2.75) is 41.5 Å². The summed E-state index contributed by atoms with van der Waals surface area (Å²) in [5, 5.41) is 4.84. The molecule has 0 aliphatic carbocycles. The number of fused-ring (bicyclic) bond motifs is 6. The van der Waals surface area contributed by atoms with Gasteiger partial charge < -0.3 is 0 Å². The monoisotopic (exact) mass is 1330 g/mol. The zero-order valence-corrected chi connectivity index (χ0v) is 56.8. The smallest absolute Gasteiger partial charge is 0.126 e. The molecule has 0 fully saturated rings. The summed E-state index contributed by atoms with van der Waals surface area (Å²) in [6, 6.07) is 86.0. The molecule has 6 heterocycles. The fourth-order valence-electron chi connectivity index (χ4n) is 11.4. The molecule has 0 spiro atoms. The van der Waals surface area contributed by atoms with E-state index in [2.05, 4.69) is 59.8 Å². The molecule has 0 saturated carbocycles. The van der Waals surface area contributed by atoms with Crippen LogP contribution in [-0.4, -0.2) is 59.8 Å². The van der Waals surface area contributed by atoms with Gasteiger partial charge in [-0.15, -0.1) is 0 Å². The molecule has 0 aliphatic heterocycles. The lowest BCUT2D eigenvalue weighted by Gasteiger charge is -2.06. The molecule has 0 saturated heterocycles. The normalized spacial score (nSPS) is 12.0. The molecule has 0 aliphatic rings. The second-order valence-corrected chi connectivity index (χ2v) is 23.3. The van der Waals surface area contributed by atoms with Gasteiger partial charge in [0, 0.05) is 65.7 Å². The van der Waals surface area contributed by atoms with Gasteiger partial charge in [0.15, 0.2) is 0 Å². The van der Waals surface area contributed by atoms with Gasteiger partial charge in [-0.05, 0) is 77.9 Å². The number of rotatable bonds is 6. The molecule has 0 bridgehead atoms. The van der Waals surface area contributed by atoms with Crippen molar-refractivity contribution in [1.29, 1.82) is 0 Å². The molecule has 18 rings (SSSR count). The first-order chi connectivity index (χ1) is 54.1. The fraction of sp³-hybridized carbons (Fsp3) is 0.0667. The highest BCUT2D eigenvalue weighted by molar-refractivity contribution is 5.97. The number of aromatic nitrogens is 12. The minimum absolute atomic E-state index is 0.107. The zero-order chi connectivity index (χ0) is 78.7. The van der Waals surface area contributed by atoms with Crippen molar-refractivity contribution in [3.63, 3.8) is 0 Å². The number of nitrogens with zero attached hydrogens (tertiary/aromatic N) is 12. The molecule has 0 unspecified atom stereocenters. The Labute approximate surface area is 607 Å². The summed E-state index contributed by atoms with van der Waals surface area (Å²) >= 11 is 0. The highest BCUT2D eigenvalue weighted by atomic mass is 14.9. The molecule has 12 heteroatoms. The lowest BCUT2D eigenvalue weighted by Crippen LogP contribution is -1.93. The van der Waals surface area contributed by atoms with E-state index in [4.69, 9.17) is 13.7 Å². The summed E-state index contributed by atoms with van der Waals surface area (Å²) in [7, 11) is 0. The molecule has 0 N–H and O–H groups in total. The Kier molecular flexibility index (Phi) is 17.7. The molecule has 12 nitrogen and oxygen atoms in total. The average Bonchev–Trinajstić information content (AvgIpc) is 0.741. The molecule has 492 valence electrons. The highest BCUT2D eigenvalue weighted by Gasteiger charge is 2.13. The van der Waals surface area contributed by atoms with Gasteiger partial charge in [0.25, 0.3) is 0 Å². The van der Waals surface area contributed by atoms with E-state index in [-0.39, 0.29) is 41.8 Å². The summed E-state index contributed by atoms with van der Waals surface area (Å²) in [6.45, 7) is 11.1. The van der Waals surface area contributed by atoms with Gasteiger partial charge in [0.05, 0.1) is 81.0 Å². The van der Waals surface area contributed by atoms with Crippen LogP contribution in [0.4, 0.5) is 0 Å². The van der Waals surface area contributed by atoms with Crippen LogP contribution in [0.1, 0.15) is 48.7 Å². The van der Waals surface area contributed by atoms with Gasteiger partial charge in [-0.1, -0.05) is 291 Å². The molecule has 6 aromatic heterocycles. The van der Waals surface area contributed by atoms with Crippen LogP contribution in [0.3, 0.4) is 0 Å². The van der Waals surface area contributed by atoms with Crippen LogP contribution in [0.5, 0.6) is 0 Å². The fourth-order valence-corrected chi connectivity index (χ4v) is 11.4. The van der Waals surface area contributed by atoms with Crippen molar-refractivity contribution in [3.8, 4) is 67.5 Å².